The Labute approximate surface area is 98.8 Å². The molecule has 0 saturated heterocycles. The summed E-state index contributed by atoms with van der Waals surface area (Å²) in [5, 5.41) is 10.5. The molecule has 1 N–H and O–H groups in total. The molecule has 0 aliphatic heterocycles. The Balaban J connectivity index is 2.50. The first kappa shape index (κ1) is 11.2. The summed E-state index contributed by atoms with van der Waals surface area (Å²) in [5.41, 5.74) is 2.90. The zero-order valence-corrected chi connectivity index (χ0v) is 10.4. The highest BCUT2D eigenvalue weighted by Crippen LogP contribution is 2.31. The molecular formula is C12H14N2OS. The molecule has 2 rings (SSSR count). The van der Waals surface area contributed by atoms with Crippen molar-refractivity contribution in [3.63, 3.8) is 0 Å². The molecule has 2 aromatic rings. The molecule has 84 valence electrons. The summed E-state index contributed by atoms with van der Waals surface area (Å²) < 4.78 is 0. The van der Waals surface area contributed by atoms with Crippen LogP contribution in [0.15, 0.2) is 18.3 Å². The summed E-state index contributed by atoms with van der Waals surface area (Å²) in [6, 6.07) is 3.93. The minimum absolute atomic E-state index is 0.463. The molecule has 0 fully saturated rings. The van der Waals surface area contributed by atoms with Gasteiger partial charge in [-0.2, -0.15) is 0 Å². The van der Waals surface area contributed by atoms with Gasteiger partial charge in [-0.15, -0.1) is 11.3 Å². The first-order chi connectivity index (χ1) is 7.59. The van der Waals surface area contributed by atoms with Crippen LogP contribution in [-0.4, -0.2) is 15.1 Å². The highest BCUT2D eigenvalue weighted by atomic mass is 32.1. The average Bonchev–Trinajstić information content (AvgIpc) is 2.61. The van der Waals surface area contributed by atoms with Gasteiger partial charge in [0.25, 0.3) is 0 Å². The summed E-state index contributed by atoms with van der Waals surface area (Å²) in [4.78, 5) is 9.70. The Morgan fingerprint density at radius 1 is 1.38 bits per heavy atom. The van der Waals surface area contributed by atoms with Crippen molar-refractivity contribution in [2.24, 2.45) is 0 Å². The number of hydrogen-bond donors (Lipinski definition) is 1. The smallest absolute Gasteiger partial charge is 0.142 e. The molecule has 1 unspecified atom stereocenters. The molecule has 0 aliphatic rings. The number of hydrogen-bond acceptors (Lipinski definition) is 4. The molecule has 1 atom stereocenters. The van der Waals surface area contributed by atoms with Crippen LogP contribution in [0.3, 0.4) is 0 Å². The van der Waals surface area contributed by atoms with Crippen molar-refractivity contribution in [2.45, 2.75) is 26.9 Å². The first-order valence-electron chi connectivity index (χ1n) is 5.17. The Morgan fingerprint density at radius 3 is 2.69 bits per heavy atom. The Kier molecular flexibility index (Phi) is 3.03. The van der Waals surface area contributed by atoms with Crippen LogP contribution < -0.4 is 0 Å². The first-order valence-corrected chi connectivity index (χ1v) is 5.98. The van der Waals surface area contributed by atoms with E-state index in [1.165, 1.54) is 11.3 Å². The second-order valence-electron chi connectivity index (χ2n) is 3.81. The molecule has 0 aromatic carbocycles. The molecule has 0 radical (unpaired) electrons. The summed E-state index contributed by atoms with van der Waals surface area (Å²) >= 11 is 1.51. The minimum atomic E-state index is -0.463. The maximum absolute atomic E-state index is 9.58. The predicted molar refractivity (Wildman–Crippen MR) is 65.5 cm³/mol. The number of aromatic nitrogens is 2. The molecule has 0 saturated carbocycles. The Morgan fingerprint density at radius 2 is 2.12 bits per heavy atom. The van der Waals surface area contributed by atoms with Gasteiger partial charge < -0.3 is 5.11 Å². The van der Waals surface area contributed by atoms with Gasteiger partial charge in [0.2, 0.25) is 0 Å². The Bertz CT molecular complexity index is 505. The van der Waals surface area contributed by atoms with Gasteiger partial charge in [-0.05, 0) is 32.4 Å². The number of aliphatic hydroxyl groups is 1. The maximum atomic E-state index is 9.58. The minimum Gasteiger partial charge on any atom is -0.388 e. The fourth-order valence-electron chi connectivity index (χ4n) is 1.61. The molecule has 2 heterocycles. The fraction of sp³-hybridized carbons (Fsp3) is 0.333. The van der Waals surface area contributed by atoms with Gasteiger partial charge >= 0.3 is 0 Å². The van der Waals surface area contributed by atoms with Crippen molar-refractivity contribution in [3.8, 4) is 10.7 Å². The van der Waals surface area contributed by atoms with Crippen LogP contribution >= 0.6 is 11.3 Å². The van der Waals surface area contributed by atoms with Crippen LogP contribution in [0.2, 0.25) is 0 Å². The van der Waals surface area contributed by atoms with Crippen LogP contribution in [0.4, 0.5) is 0 Å². The number of aliphatic hydroxyl groups excluding tert-OH is 1. The molecule has 16 heavy (non-hydrogen) atoms. The van der Waals surface area contributed by atoms with Crippen LogP contribution in [-0.2, 0) is 0 Å². The van der Waals surface area contributed by atoms with Crippen molar-refractivity contribution in [2.75, 3.05) is 0 Å². The lowest BCUT2D eigenvalue weighted by atomic mass is 10.2. The van der Waals surface area contributed by atoms with E-state index in [0.29, 0.717) is 0 Å². The van der Waals surface area contributed by atoms with Gasteiger partial charge in [0.15, 0.2) is 0 Å². The van der Waals surface area contributed by atoms with E-state index in [9.17, 15) is 5.11 Å². The molecule has 0 amide bonds. The van der Waals surface area contributed by atoms with Crippen molar-refractivity contribution >= 4 is 11.3 Å². The van der Waals surface area contributed by atoms with Crippen molar-refractivity contribution < 1.29 is 5.11 Å². The number of pyridine rings is 1. The average molecular weight is 234 g/mol. The molecule has 3 nitrogen and oxygen atoms in total. The number of aryl methyl sites for hydroxylation is 2. The highest BCUT2D eigenvalue weighted by molar-refractivity contribution is 7.15. The zero-order valence-electron chi connectivity index (χ0n) is 9.56. The summed E-state index contributed by atoms with van der Waals surface area (Å²) in [6.45, 7) is 5.69. The van der Waals surface area contributed by atoms with Gasteiger partial charge in [-0.1, -0.05) is 6.07 Å². The fourth-order valence-corrected chi connectivity index (χ4v) is 2.67. The molecule has 2 aromatic heterocycles. The Hall–Kier alpha value is -1.26. The van der Waals surface area contributed by atoms with Crippen LogP contribution in [0.5, 0.6) is 0 Å². The number of rotatable bonds is 2. The standard InChI is InChI=1S/C12H14N2OS/c1-7-5-4-6-13-10(7)12-14-8(2)11(16-12)9(3)15/h4-6,9,15H,1-3H3. The molecule has 0 aliphatic carbocycles. The van der Waals surface area contributed by atoms with Gasteiger partial charge in [-0.3, -0.25) is 4.98 Å². The number of thiazole rings is 1. The van der Waals surface area contributed by atoms with Crippen LogP contribution in [0.1, 0.15) is 29.2 Å². The summed E-state index contributed by atoms with van der Waals surface area (Å²) in [5.74, 6) is 0. The highest BCUT2D eigenvalue weighted by Gasteiger charge is 2.14. The largest absolute Gasteiger partial charge is 0.388 e. The normalized spacial score (nSPS) is 12.8. The van der Waals surface area contributed by atoms with E-state index in [1.54, 1.807) is 13.1 Å². The summed E-state index contributed by atoms with van der Waals surface area (Å²) in [7, 11) is 0. The molecular weight excluding hydrogens is 220 g/mol. The van der Waals surface area contributed by atoms with Crippen LogP contribution in [0.25, 0.3) is 10.7 Å². The molecule has 0 bridgehead atoms. The van der Waals surface area contributed by atoms with Crippen LogP contribution in [0, 0.1) is 13.8 Å². The van der Waals surface area contributed by atoms with E-state index < -0.39 is 6.10 Å². The predicted octanol–water partition coefficient (Wildman–Crippen LogP) is 2.88. The summed E-state index contributed by atoms with van der Waals surface area (Å²) in [6.07, 6.45) is 1.30. The van der Waals surface area contributed by atoms with E-state index in [-0.39, 0.29) is 0 Å². The maximum Gasteiger partial charge on any atom is 0.142 e. The third-order valence-electron chi connectivity index (χ3n) is 2.42. The lowest BCUT2D eigenvalue weighted by Crippen LogP contribution is -1.88. The van der Waals surface area contributed by atoms with Crippen molar-refractivity contribution in [3.05, 3.63) is 34.5 Å². The number of nitrogens with zero attached hydrogens (tertiary/aromatic N) is 2. The second kappa shape index (κ2) is 4.31. The topological polar surface area (TPSA) is 46.0 Å². The quantitative estimate of drug-likeness (QED) is 0.869. The molecule has 4 heteroatoms. The second-order valence-corrected chi connectivity index (χ2v) is 4.84. The lowest BCUT2D eigenvalue weighted by Gasteiger charge is -1.99. The van der Waals surface area contributed by atoms with Gasteiger partial charge in [-0.25, -0.2) is 4.98 Å². The zero-order chi connectivity index (χ0) is 11.7. The van der Waals surface area contributed by atoms with E-state index in [2.05, 4.69) is 9.97 Å². The van der Waals surface area contributed by atoms with Gasteiger partial charge in [0.05, 0.1) is 16.7 Å². The van der Waals surface area contributed by atoms with E-state index in [4.69, 9.17) is 0 Å². The van der Waals surface area contributed by atoms with E-state index >= 15 is 0 Å². The monoisotopic (exact) mass is 234 g/mol. The van der Waals surface area contributed by atoms with Crippen molar-refractivity contribution in [1.82, 2.24) is 9.97 Å². The molecule has 0 spiro atoms. The third-order valence-corrected chi connectivity index (χ3v) is 3.76. The van der Waals surface area contributed by atoms with Crippen molar-refractivity contribution in [1.29, 1.82) is 0 Å². The van der Waals surface area contributed by atoms with Gasteiger partial charge in [0.1, 0.15) is 10.7 Å². The lowest BCUT2D eigenvalue weighted by molar-refractivity contribution is 0.202. The van der Waals surface area contributed by atoms with E-state index in [1.807, 2.05) is 26.0 Å². The van der Waals surface area contributed by atoms with Gasteiger partial charge in [0, 0.05) is 6.20 Å². The third kappa shape index (κ3) is 1.99. The van der Waals surface area contributed by atoms with E-state index in [0.717, 1.165) is 26.8 Å². The SMILES string of the molecule is Cc1cccnc1-c1nc(C)c(C(C)O)s1.